The van der Waals surface area contributed by atoms with Crippen LogP contribution in [0.25, 0.3) is 21.1 Å². The zero-order valence-corrected chi connectivity index (χ0v) is 21.0. The third kappa shape index (κ3) is 5.40. The summed E-state index contributed by atoms with van der Waals surface area (Å²) >= 11 is 4.80. The van der Waals surface area contributed by atoms with E-state index >= 15 is 0 Å². The first-order valence-electron chi connectivity index (χ1n) is 10.7. The van der Waals surface area contributed by atoms with E-state index in [1.54, 1.807) is 41.9 Å². The van der Waals surface area contributed by atoms with Crippen LogP contribution in [0.2, 0.25) is 0 Å². The predicted molar refractivity (Wildman–Crippen MR) is 143 cm³/mol. The minimum Gasteiger partial charge on any atom is -0.497 e. The van der Waals surface area contributed by atoms with Crippen molar-refractivity contribution in [3.63, 3.8) is 0 Å². The van der Waals surface area contributed by atoms with Crippen LogP contribution in [0.5, 0.6) is 5.75 Å². The maximum atomic E-state index is 11.0. The van der Waals surface area contributed by atoms with Gasteiger partial charge in [0.1, 0.15) is 10.8 Å². The average molecular weight is 521 g/mol. The van der Waals surface area contributed by atoms with Crippen molar-refractivity contribution in [2.45, 2.75) is 12.5 Å². The van der Waals surface area contributed by atoms with Gasteiger partial charge in [0.05, 0.1) is 34.3 Å². The number of nitro benzene ring substituents is 1. The highest BCUT2D eigenvalue weighted by molar-refractivity contribution is 7.20. The second-order valence-electron chi connectivity index (χ2n) is 7.65. The number of rotatable bonds is 9. The topological polar surface area (TPSA) is 90.2 Å². The number of non-ortho nitro benzene ring substituents is 1. The van der Waals surface area contributed by atoms with Crippen molar-refractivity contribution in [1.82, 2.24) is 9.97 Å². The van der Waals surface area contributed by atoms with Crippen molar-refractivity contribution >= 4 is 44.8 Å². The van der Waals surface area contributed by atoms with Crippen LogP contribution in [-0.2, 0) is 6.42 Å². The first-order chi connectivity index (χ1) is 17.1. The molecule has 0 saturated heterocycles. The number of ether oxygens (including phenoxy) is 1. The van der Waals surface area contributed by atoms with Crippen LogP contribution in [0.1, 0.15) is 17.3 Å². The van der Waals surface area contributed by atoms with Gasteiger partial charge in [0.15, 0.2) is 5.13 Å². The summed E-state index contributed by atoms with van der Waals surface area (Å²) in [6, 6.07) is 18.4. The molecular formula is C25H20N4O3S3. The van der Waals surface area contributed by atoms with Crippen molar-refractivity contribution < 1.29 is 9.66 Å². The zero-order valence-electron chi connectivity index (χ0n) is 18.6. The smallest absolute Gasteiger partial charge is 0.269 e. The molecule has 0 radical (unpaired) electrons. The Hall–Kier alpha value is -3.60. The minimum absolute atomic E-state index is 0.0785. The molecule has 0 aliphatic heterocycles. The van der Waals surface area contributed by atoms with Gasteiger partial charge in [-0.3, -0.25) is 10.1 Å². The van der Waals surface area contributed by atoms with Crippen LogP contribution < -0.4 is 10.1 Å². The monoisotopic (exact) mass is 520 g/mol. The van der Waals surface area contributed by atoms with Crippen LogP contribution in [0, 0.1) is 10.1 Å². The van der Waals surface area contributed by atoms with Crippen LogP contribution >= 0.6 is 34.0 Å². The van der Waals surface area contributed by atoms with Gasteiger partial charge in [-0.15, -0.1) is 34.0 Å². The maximum absolute atomic E-state index is 11.0. The molecule has 1 atom stereocenters. The third-order valence-electron chi connectivity index (χ3n) is 5.37. The Morgan fingerprint density at radius 2 is 1.89 bits per heavy atom. The molecule has 10 heteroatoms. The lowest BCUT2D eigenvalue weighted by molar-refractivity contribution is -0.384. The van der Waals surface area contributed by atoms with Gasteiger partial charge < -0.3 is 10.1 Å². The summed E-state index contributed by atoms with van der Waals surface area (Å²) in [6.07, 6.45) is 0.611. The van der Waals surface area contributed by atoms with E-state index in [2.05, 4.69) is 16.8 Å². The number of benzene rings is 2. The fourth-order valence-corrected chi connectivity index (χ4v) is 6.04. The Balaban J connectivity index is 1.42. The van der Waals surface area contributed by atoms with Gasteiger partial charge in [0, 0.05) is 28.5 Å². The second-order valence-corrected chi connectivity index (χ2v) is 10.3. The third-order valence-corrected chi connectivity index (χ3v) is 8.04. The molecule has 2 aromatic carbocycles. The lowest BCUT2D eigenvalue weighted by atomic mass is 10.0. The number of aromatic nitrogens is 2. The fourth-order valence-electron chi connectivity index (χ4n) is 3.58. The van der Waals surface area contributed by atoms with Gasteiger partial charge in [-0.2, -0.15) is 0 Å². The molecule has 3 heterocycles. The van der Waals surface area contributed by atoms with Crippen LogP contribution in [-0.4, -0.2) is 22.0 Å². The van der Waals surface area contributed by atoms with E-state index in [0.717, 1.165) is 43.3 Å². The van der Waals surface area contributed by atoms with E-state index in [0.29, 0.717) is 6.42 Å². The summed E-state index contributed by atoms with van der Waals surface area (Å²) in [4.78, 5) is 21.5. The maximum Gasteiger partial charge on any atom is 0.269 e. The summed E-state index contributed by atoms with van der Waals surface area (Å²) in [5.74, 6) is 0.782. The first-order valence-corrected chi connectivity index (χ1v) is 13.3. The van der Waals surface area contributed by atoms with Crippen molar-refractivity contribution in [3.8, 4) is 26.9 Å². The Morgan fingerprint density at radius 3 is 2.63 bits per heavy atom. The van der Waals surface area contributed by atoms with E-state index in [-0.39, 0.29) is 16.7 Å². The molecule has 5 aromatic rings. The van der Waals surface area contributed by atoms with Gasteiger partial charge in [-0.25, -0.2) is 9.97 Å². The molecule has 0 fully saturated rings. The summed E-state index contributed by atoms with van der Waals surface area (Å²) in [5.41, 5.74) is 3.81. The Bertz CT molecular complexity index is 1430. The molecule has 7 nitrogen and oxygen atoms in total. The average Bonchev–Trinajstić information content (AvgIpc) is 3.66. The Labute approximate surface area is 213 Å². The highest BCUT2D eigenvalue weighted by atomic mass is 32.1. The minimum atomic E-state index is -0.386. The standard InChI is InChI=1S/C25H20N4O3S3/c1-32-19-5-2-4-17(13-19)21-14-35-25(28-21)27-20(12-16-7-9-18(10-8-16)29(30)31)22-15-34-24(26-22)23-6-3-11-33-23/h2-11,13-15,20H,12H2,1H3,(H,27,28)/t20-/m0/s1. The number of thiophene rings is 1. The summed E-state index contributed by atoms with van der Waals surface area (Å²) in [5, 5.41) is 22.5. The largest absolute Gasteiger partial charge is 0.497 e. The lowest BCUT2D eigenvalue weighted by Crippen LogP contribution is -2.14. The van der Waals surface area contributed by atoms with Gasteiger partial charge in [-0.1, -0.05) is 30.3 Å². The van der Waals surface area contributed by atoms with Crippen LogP contribution in [0.3, 0.4) is 0 Å². The SMILES string of the molecule is COc1cccc(-c2csc(N[C@@H](Cc3ccc([N+](=O)[O-])cc3)c3csc(-c4cccs4)n3)n2)c1. The number of thiazole rings is 2. The molecule has 3 aromatic heterocycles. The summed E-state index contributed by atoms with van der Waals surface area (Å²) < 4.78 is 5.34. The number of nitrogens with zero attached hydrogens (tertiary/aromatic N) is 3. The quantitative estimate of drug-likeness (QED) is 0.162. The molecule has 5 rings (SSSR count). The van der Waals surface area contributed by atoms with Gasteiger partial charge >= 0.3 is 0 Å². The first kappa shape index (κ1) is 23.2. The number of hydrogen-bond donors (Lipinski definition) is 1. The number of hydrogen-bond acceptors (Lipinski definition) is 9. The van der Waals surface area contributed by atoms with Crippen molar-refractivity contribution in [1.29, 1.82) is 0 Å². The number of anilines is 1. The van der Waals surface area contributed by atoms with E-state index in [9.17, 15) is 10.1 Å². The van der Waals surface area contributed by atoms with E-state index in [1.165, 1.54) is 23.5 Å². The molecule has 1 N–H and O–H groups in total. The molecule has 0 unspecified atom stereocenters. The second kappa shape index (κ2) is 10.3. The highest BCUT2D eigenvalue weighted by Crippen LogP contribution is 2.34. The zero-order chi connectivity index (χ0) is 24.2. The van der Waals surface area contributed by atoms with Crippen LogP contribution in [0.4, 0.5) is 10.8 Å². The molecule has 0 bridgehead atoms. The van der Waals surface area contributed by atoms with Gasteiger partial charge in [0.25, 0.3) is 5.69 Å². The molecule has 35 heavy (non-hydrogen) atoms. The number of nitrogens with one attached hydrogen (secondary N) is 1. The fraction of sp³-hybridized carbons (Fsp3) is 0.120. The van der Waals surface area contributed by atoms with Gasteiger partial charge in [0.2, 0.25) is 0 Å². The van der Waals surface area contributed by atoms with Crippen molar-refractivity contribution in [2.24, 2.45) is 0 Å². The summed E-state index contributed by atoms with van der Waals surface area (Å²) in [6.45, 7) is 0. The normalized spacial score (nSPS) is 11.8. The molecule has 0 aliphatic rings. The summed E-state index contributed by atoms with van der Waals surface area (Å²) in [7, 11) is 1.65. The molecule has 0 amide bonds. The van der Waals surface area contributed by atoms with E-state index in [1.807, 2.05) is 41.1 Å². The number of nitro groups is 1. The molecule has 0 saturated carbocycles. The van der Waals surface area contributed by atoms with E-state index < -0.39 is 0 Å². The molecular weight excluding hydrogens is 501 g/mol. The molecule has 0 spiro atoms. The van der Waals surface area contributed by atoms with Gasteiger partial charge in [-0.05, 0) is 35.6 Å². The Morgan fingerprint density at radius 1 is 1.03 bits per heavy atom. The van der Waals surface area contributed by atoms with E-state index in [4.69, 9.17) is 14.7 Å². The molecule has 0 aliphatic carbocycles. The number of methoxy groups -OCH3 is 1. The predicted octanol–water partition coefficient (Wildman–Crippen LogP) is 7.31. The van der Waals surface area contributed by atoms with Crippen LogP contribution in [0.15, 0.2) is 76.8 Å². The van der Waals surface area contributed by atoms with Crippen molar-refractivity contribution in [3.05, 3.63) is 98.2 Å². The lowest BCUT2D eigenvalue weighted by Gasteiger charge is -2.16. The molecule has 176 valence electrons. The highest BCUT2D eigenvalue weighted by Gasteiger charge is 2.19. The van der Waals surface area contributed by atoms with Crippen molar-refractivity contribution in [2.75, 3.05) is 12.4 Å². The Kier molecular flexibility index (Phi) is 6.84.